The minimum atomic E-state index is -0.188. The van der Waals surface area contributed by atoms with Gasteiger partial charge in [-0.15, -0.1) is 11.3 Å². The van der Waals surface area contributed by atoms with Gasteiger partial charge in [0.2, 0.25) is 0 Å². The van der Waals surface area contributed by atoms with Gasteiger partial charge in [0.05, 0.1) is 12.8 Å². The number of aromatic nitrogens is 1. The summed E-state index contributed by atoms with van der Waals surface area (Å²) in [5.41, 5.74) is 2.25. The average molecular weight is 389 g/mol. The lowest BCUT2D eigenvalue weighted by Gasteiger charge is -2.05. The highest BCUT2D eigenvalue weighted by molar-refractivity contribution is 9.10. The van der Waals surface area contributed by atoms with Crippen LogP contribution >= 0.6 is 27.3 Å². The number of hydrogen-bond acceptors (Lipinski definition) is 4. The van der Waals surface area contributed by atoms with Crippen LogP contribution in [0.3, 0.4) is 0 Å². The SMILES string of the molecule is COc1ccccc1-c1csc(NC(=O)c2cccc(Br)c2)n1. The van der Waals surface area contributed by atoms with E-state index < -0.39 is 0 Å². The largest absolute Gasteiger partial charge is 0.496 e. The van der Waals surface area contributed by atoms with Crippen molar-refractivity contribution in [3.8, 4) is 17.0 Å². The number of carbonyl (C=O) groups is 1. The predicted molar refractivity (Wildman–Crippen MR) is 96.2 cm³/mol. The van der Waals surface area contributed by atoms with Crippen LogP contribution in [0, 0.1) is 0 Å². The fraction of sp³-hybridized carbons (Fsp3) is 0.0588. The first-order valence-corrected chi connectivity index (χ1v) is 8.50. The number of hydrogen-bond donors (Lipinski definition) is 1. The topological polar surface area (TPSA) is 51.2 Å². The molecule has 0 fully saturated rings. The number of para-hydroxylation sites is 1. The van der Waals surface area contributed by atoms with E-state index in [1.165, 1.54) is 11.3 Å². The average Bonchev–Trinajstić information content (AvgIpc) is 3.03. The molecule has 1 amide bonds. The standard InChI is InChI=1S/C17H13BrN2O2S/c1-22-15-8-3-2-7-13(15)14-10-23-17(19-14)20-16(21)11-5-4-6-12(18)9-11/h2-10H,1H3,(H,19,20,21). The molecule has 2 aromatic carbocycles. The quantitative estimate of drug-likeness (QED) is 0.695. The summed E-state index contributed by atoms with van der Waals surface area (Å²) >= 11 is 4.74. The molecule has 1 N–H and O–H groups in total. The molecule has 1 heterocycles. The summed E-state index contributed by atoms with van der Waals surface area (Å²) in [7, 11) is 1.63. The lowest BCUT2D eigenvalue weighted by molar-refractivity contribution is 0.102. The monoisotopic (exact) mass is 388 g/mol. The van der Waals surface area contributed by atoms with Crippen molar-refractivity contribution < 1.29 is 9.53 Å². The Morgan fingerprint density at radius 3 is 2.83 bits per heavy atom. The van der Waals surface area contributed by atoms with E-state index in [0.717, 1.165) is 21.5 Å². The molecule has 0 radical (unpaired) electrons. The van der Waals surface area contributed by atoms with E-state index >= 15 is 0 Å². The Morgan fingerprint density at radius 1 is 1.22 bits per heavy atom. The minimum Gasteiger partial charge on any atom is -0.496 e. The number of amides is 1. The predicted octanol–water partition coefficient (Wildman–Crippen LogP) is 4.83. The molecule has 0 unspecified atom stereocenters. The molecular formula is C17H13BrN2O2S. The third kappa shape index (κ3) is 3.60. The zero-order chi connectivity index (χ0) is 16.2. The number of ether oxygens (including phenoxy) is 1. The summed E-state index contributed by atoms with van der Waals surface area (Å²) in [5.74, 6) is 0.565. The van der Waals surface area contributed by atoms with Crippen molar-refractivity contribution in [1.82, 2.24) is 4.98 Å². The van der Waals surface area contributed by atoms with E-state index in [1.807, 2.05) is 41.8 Å². The van der Waals surface area contributed by atoms with Crippen LogP contribution in [0.5, 0.6) is 5.75 Å². The second-order valence-corrected chi connectivity index (χ2v) is 6.48. The van der Waals surface area contributed by atoms with Crippen LogP contribution in [0.2, 0.25) is 0 Å². The first kappa shape index (κ1) is 15.7. The lowest BCUT2D eigenvalue weighted by atomic mass is 10.1. The summed E-state index contributed by atoms with van der Waals surface area (Å²) in [4.78, 5) is 16.7. The molecule has 1 aromatic heterocycles. The highest BCUT2D eigenvalue weighted by Gasteiger charge is 2.12. The first-order valence-electron chi connectivity index (χ1n) is 6.83. The van der Waals surface area contributed by atoms with Crippen LogP contribution in [-0.2, 0) is 0 Å². The van der Waals surface area contributed by atoms with E-state index in [0.29, 0.717) is 10.7 Å². The Hall–Kier alpha value is -2.18. The van der Waals surface area contributed by atoms with Gasteiger partial charge in [-0.3, -0.25) is 10.1 Å². The van der Waals surface area contributed by atoms with Gasteiger partial charge < -0.3 is 4.74 Å². The second kappa shape index (κ2) is 6.93. The van der Waals surface area contributed by atoms with Crippen molar-refractivity contribution in [1.29, 1.82) is 0 Å². The Kier molecular flexibility index (Phi) is 4.73. The normalized spacial score (nSPS) is 10.3. The van der Waals surface area contributed by atoms with Gasteiger partial charge in [0.25, 0.3) is 5.91 Å². The van der Waals surface area contributed by atoms with E-state index in [4.69, 9.17) is 4.74 Å². The minimum absolute atomic E-state index is 0.188. The molecule has 0 aliphatic carbocycles. The smallest absolute Gasteiger partial charge is 0.257 e. The van der Waals surface area contributed by atoms with Crippen LogP contribution in [0.1, 0.15) is 10.4 Å². The Balaban J connectivity index is 1.81. The van der Waals surface area contributed by atoms with Gasteiger partial charge in [0.15, 0.2) is 5.13 Å². The molecule has 0 spiro atoms. The molecule has 6 heteroatoms. The van der Waals surface area contributed by atoms with Crippen LogP contribution in [0.4, 0.5) is 5.13 Å². The zero-order valence-electron chi connectivity index (χ0n) is 12.2. The molecular weight excluding hydrogens is 376 g/mol. The third-order valence-corrected chi connectivity index (χ3v) is 4.45. The molecule has 3 rings (SSSR count). The fourth-order valence-electron chi connectivity index (χ4n) is 2.11. The fourth-order valence-corrected chi connectivity index (χ4v) is 3.21. The van der Waals surface area contributed by atoms with Gasteiger partial charge in [-0.25, -0.2) is 4.98 Å². The summed E-state index contributed by atoms with van der Waals surface area (Å²) in [6.07, 6.45) is 0. The number of benzene rings is 2. The van der Waals surface area contributed by atoms with Crippen molar-refractivity contribution >= 4 is 38.3 Å². The zero-order valence-corrected chi connectivity index (χ0v) is 14.6. The van der Waals surface area contributed by atoms with E-state index in [-0.39, 0.29) is 5.91 Å². The van der Waals surface area contributed by atoms with Crippen molar-refractivity contribution in [2.24, 2.45) is 0 Å². The molecule has 0 saturated heterocycles. The van der Waals surface area contributed by atoms with Crippen LogP contribution in [0.15, 0.2) is 58.4 Å². The van der Waals surface area contributed by atoms with Crippen LogP contribution in [-0.4, -0.2) is 18.0 Å². The molecule has 3 aromatic rings. The maximum absolute atomic E-state index is 12.2. The van der Waals surface area contributed by atoms with Crippen molar-refractivity contribution in [3.05, 3.63) is 63.9 Å². The molecule has 0 atom stereocenters. The summed E-state index contributed by atoms with van der Waals surface area (Å²) in [6, 6.07) is 14.9. The molecule has 0 saturated carbocycles. The van der Waals surface area contributed by atoms with Crippen LogP contribution in [0.25, 0.3) is 11.3 Å². The number of nitrogens with one attached hydrogen (secondary N) is 1. The van der Waals surface area contributed by atoms with Gasteiger partial charge in [-0.05, 0) is 30.3 Å². The van der Waals surface area contributed by atoms with E-state index in [9.17, 15) is 4.79 Å². The van der Waals surface area contributed by atoms with Crippen LogP contribution < -0.4 is 10.1 Å². The molecule has 4 nitrogen and oxygen atoms in total. The number of methoxy groups -OCH3 is 1. The first-order chi connectivity index (χ1) is 11.2. The molecule has 0 aliphatic heterocycles. The number of carbonyl (C=O) groups excluding carboxylic acids is 1. The van der Waals surface area contributed by atoms with Gasteiger partial charge >= 0.3 is 0 Å². The van der Waals surface area contributed by atoms with Gasteiger partial charge in [0, 0.05) is 21.0 Å². The van der Waals surface area contributed by atoms with E-state index in [2.05, 4.69) is 26.2 Å². The second-order valence-electron chi connectivity index (χ2n) is 4.70. The highest BCUT2D eigenvalue weighted by Crippen LogP contribution is 2.32. The Morgan fingerprint density at radius 2 is 2.04 bits per heavy atom. The van der Waals surface area contributed by atoms with Crippen molar-refractivity contribution in [3.63, 3.8) is 0 Å². The molecule has 0 bridgehead atoms. The summed E-state index contributed by atoms with van der Waals surface area (Å²) in [5, 5.41) is 5.27. The number of nitrogens with zero attached hydrogens (tertiary/aromatic N) is 1. The van der Waals surface area contributed by atoms with Gasteiger partial charge in [-0.2, -0.15) is 0 Å². The summed E-state index contributed by atoms with van der Waals surface area (Å²) in [6.45, 7) is 0. The van der Waals surface area contributed by atoms with E-state index in [1.54, 1.807) is 19.2 Å². The van der Waals surface area contributed by atoms with Gasteiger partial charge in [-0.1, -0.05) is 34.1 Å². The summed E-state index contributed by atoms with van der Waals surface area (Å²) < 4.78 is 6.20. The Labute approximate surface area is 146 Å². The maximum atomic E-state index is 12.2. The molecule has 116 valence electrons. The molecule has 0 aliphatic rings. The number of rotatable bonds is 4. The lowest BCUT2D eigenvalue weighted by Crippen LogP contribution is -2.11. The maximum Gasteiger partial charge on any atom is 0.257 e. The van der Waals surface area contributed by atoms with Gasteiger partial charge in [0.1, 0.15) is 5.75 Å². The number of halogens is 1. The highest BCUT2D eigenvalue weighted by atomic mass is 79.9. The Bertz CT molecular complexity index is 848. The molecule has 23 heavy (non-hydrogen) atoms. The number of thiazole rings is 1. The number of anilines is 1. The third-order valence-electron chi connectivity index (χ3n) is 3.19. The van der Waals surface area contributed by atoms with Crippen molar-refractivity contribution in [2.75, 3.05) is 12.4 Å². The van der Waals surface area contributed by atoms with Crippen molar-refractivity contribution in [2.45, 2.75) is 0 Å².